The fourth-order valence-corrected chi connectivity index (χ4v) is 5.17. The third kappa shape index (κ3) is 3.49. The van der Waals surface area contributed by atoms with E-state index in [1.165, 1.54) is 6.20 Å². The number of hydrogen-bond donors (Lipinski definition) is 1. The van der Waals surface area contributed by atoms with Crippen LogP contribution in [-0.4, -0.2) is 35.2 Å². The Balaban J connectivity index is 1.43. The lowest BCUT2D eigenvalue weighted by molar-refractivity contribution is -0.120. The summed E-state index contributed by atoms with van der Waals surface area (Å²) in [5.41, 5.74) is 6.32. The second-order valence-corrected chi connectivity index (χ2v) is 9.11. The van der Waals surface area contributed by atoms with Crippen LogP contribution in [0.1, 0.15) is 32.6 Å². The number of rotatable bonds is 3. The van der Waals surface area contributed by atoms with Crippen molar-refractivity contribution in [3.8, 4) is 0 Å². The highest BCUT2D eigenvalue weighted by molar-refractivity contribution is 6.38. The summed E-state index contributed by atoms with van der Waals surface area (Å²) in [5, 5.41) is 3.82. The first-order valence-electron chi connectivity index (χ1n) is 11.4. The number of carbonyl (C=O) groups is 2. The van der Waals surface area contributed by atoms with Gasteiger partial charge in [-0.15, -0.1) is 0 Å². The minimum Gasteiger partial charge on any atom is -0.322 e. The van der Waals surface area contributed by atoms with Gasteiger partial charge in [0.05, 0.1) is 27.5 Å². The lowest BCUT2D eigenvalue weighted by atomic mass is 9.98. The van der Waals surface area contributed by atoms with Crippen LogP contribution in [0.5, 0.6) is 0 Å². The SMILES string of the molecule is Cc1cccc2c(Cl)c(C(=O)N[C@@H]3N=C(c4ccccc4)c4cccc5c4N(CC5)C3=O)cnc12. The summed E-state index contributed by atoms with van der Waals surface area (Å²) in [6, 6.07) is 21.4. The Bertz CT molecular complexity index is 1550. The number of aromatic nitrogens is 1. The van der Waals surface area contributed by atoms with Crippen LogP contribution in [0.2, 0.25) is 5.02 Å². The van der Waals surface area contributed by atoms with Gasteiger partial charge >= 0.3 is 0 Å². The Kier molecular flexibility index (Phi) is 5.11. The van der Waals surface area contributed by atoms with Crippen molar-refractivity contribution in [1.29, 1.82) is 0 Å². The molecule has 172 valence electrons. The van der Waals surface area contributed by atoms with Gasteiger partial charge in [0.1, 0.15) is 0 Å². The van der Waals surface area contributed by atoms with E-state index < -0.39 is 12.1 Å². The molecule has 1 aromatic heterocycles. The molecule has 0 bridgehead atoms. The molecular formula is C28H21ClN4O2. The number of nitrogens with one attached hydrogen (secondary N) is 1. The Morgan fingerprint density at radius 3 is 2.69 bits per heavy atom. The summed E-state index contributed by atoms with van der Waals surface area (Å²) < 4.78 is 0. The number of anilines is 1. The van der Waals surface area contributed by atoms with Gasteiger partial charge in [0.15, 0.2) is 0 Å². The van der Waals surface area contributed by atoms with Crippen LogP contribution >= 0.6 is 11.6 Å². The fourth-order valence-electron chi connectivity index (χ4n) is 4.89. The lowest BCUT2D eigenvalue weighted by Crippen LogP contribution is -2.47. The van der Waals surface area contributed by atoms with Crippen molar-refractivity contribution in [2.75, 3.05) is 11.4 Å². The zero-order chi connectivity index (χ0) is 24.1. The van der Waals surface area contributed by atoms with Crippen LogP contribution in [0.15, 0.2) is 77.9 Å². The van der Waals surface area contributed by atoms with Gasteiger partial charge in [-0.3, -0.25) is 14.6 Å². The van der Waals surface area contributed by atoms with Crippen LogP contribution in [-0.2, 0) is 11.2 Å². The van der Waals surface area contributed by atoms with Gasteiger partial charge in [-0.2, -0.15) is 0 Å². The molecule has 0 unspecified atom stereocenters. The van der Waals surface area contributed by atoms with Crippen LogP contribution < -0.4 is 10.2 Å². The number of pyridine rings is 1. The van der Waals surface area contributed by atoms with E-state index in [1.54, 1.807) is 4.90 Å². The number of benzene rings is 3. The highest BCUT2D eigenvalue weighted by Gasteiger charge is 2.37. The number of carbonyl (C=O) groups excluding carboxylic acids is 2. The predicted octanol–water partition coefficient (Wildman–Crippen LogP) is 4.69. The molecule has 4 aromatic rings. The Labute approximate surface area is 207 Å². The third-order valence-electron chi connectivity index (χ3n) is 6.60. The zero-order valence-electron chi connectivity index (χ0n) is 19.0. The topological polar surface area (TPSA) is 74.7 Å². The molecule has 0 aliphatic carbocycles. The minimum absolute atomic E-state index is 0.206. The predicted molar refractivity (Wildman–Crippen MR) is 137 cm³/mol. The van der Waals surface area contributed by atoms with Crippen molar-refractivity contribution < 1.29 is 9.59 Å². The van der Waals surface area contributed by atoms with Crippen LogP contribution in [0.4, 0.5) is 5.69 Å². The minimum atomic E-state index is -1.10. The molecule has 0 radical (unpaired) electrons. The largest absolute Gasteiger partial charge is 0.322 e. The van der Waals surface area contributed by atoms with Gasteiger partial charge < -0.3 is 10.2 Å². The number of nitrogens with zero attached hydrogens (tertiary/aromatic N) is 3. The highest BCUT2D eigenvalue weighted by atomic mass is 35.5. The van der Waals surface area contributed by atoms with Crippen molar-refractivity contribution in [1.82, 2.24) is 10.3 Å². The standard InChI is InChI=1S/C28H21ClN4O2/c1-16-7-5-11-19-22(29)21(15-30-23(16)19)27(34)32-26-28(35)33-14-13-18-10-6-12-20(25(18)33)24(31-26)17-8-3-2-4-9-17/h2-12,15,26H,13-14H2,1H3,(H,32,34)/t26-/m0/s1. The molecule has 3 aromatic carbocycles. The number of hydrogen-bond acceptors (Lipinski definition) is 4. The second kappa shape index (κ2) is 8.32. The number of amides is 2. The smallest absolute Gasteiger partial charge is 0.272 e. The van der Waals surface area contributed by atoms with Crippen LogP contribution in [0.25, 0.3) is 10.9 Å². The first kappa shape index (κ1) is 21.5. The van der Waals surface area contributed by atoms with Crippen molar-refractivity contribution in [3.05, 3.63) is 106 Å². The first-order valence-corrected chi connectivity index (χ1v) is 11.8. The number of aryl methyl sites for hydroxylation is 1. The molecule has 0 saturated carbocycles. The Hall–Kier alpha value is -4.03. The van der Waals surface area contributed by atoms with Gasteiger partial charge in [0.25, 0.3) is 11.8 Å². The molecule has 6 nitrogen and oxygen atoms in total. The van der Waals surface area contributed by atoms with Gasteiger partial charge in [0, 0.05) is 29.3 Å². The second-order valence-electron chi connectivity index (χ2n) is 8.73. The number of para-hydroxylation sites is 2. The average molecular weight is 481 g/mol. The molecule has 0 saturated heterocycles. The molecule has 7 heteroatoms. The molecule has 2 aliphatic rings. The molecule has 6 rings (SSSR count). The number of fused-ring (bicyclic) bond motifs is 1. The van der Waals surface area contributed by atoms with Gasteiger partial charge in [-0.25, -0.2) is 4.99 Å². The molecule has 35 heavy (non-hydrogen) atoms. The molecule has 2 amide bonds. The highest BCUT2D eigenvalue weighted by Crippen LogP contribution is 2.36. The number of halogens is 1. The van der Waals surface area contributed by atoms with Crippen molar-refractivity contribution in [2.45, 2.75) is 19.5 Å². The summed E-state index contributed by atoms with van der Waals surface area (Å²) in [5.74, 6) is -0.762. The van der Waals surface area contributed by atoms with E-state index in [-0.39, 0.29) is 11.5 Å². The van der Waals surface area contributed by atoms with E-state index in [4.69, 9.17) is 16.6 Å². The molecule has 1 N–H and O–H groups in total. The molecular weight excluding hydrogens is 460 g/mol. The summed E-state index contributed by atoms with van der Waals surface area (Å²) in [6.07, 6.45) is 1.12. The molecule has 2 aliphatic heterocycles. The van der Waals surface area contributed by atoms with Gasteiger partial charge in [-0.1, -0.05) is 78.3 Å². The monoisotopic (exact) mass is 480 g/mol. The molecule has 0 fully saturated rings. The van der Waals surface area contributed by atoms with Gasteiger partial charge in [-0.05, 0) is 24.5 Å². The van der Waals surface area contributed by atoms with Crippen molar-refractivity contribution in [3.63, 3.8) is 0 Å². The molecule has 0 spiro atoms. The van der Waals surface area contributed by atoms with E-state index in [0.717, 1.165) is 39.9 Å². The maximum absolute atomic E-state index is 13.6. The summed E-state index contributed by atoms with van der Waals surface area (Å²) in [4.78, 5) is 38.0. The molecule has 3 heterocycles. The summed E-state index contributed by atoms with van der Waals surface area (Å²) in [7, 11) is 0. The lowest BCUT2D eigenvalue weighted by Gasteiger charge is -2.21. The van der Waals surface area contributed by atoms with Gasteiger partial charge in [0.2, 0.25) is 6.17 Å². The third-order valence-corrected chi connectivity index (χ3v) is 7.01. The van der Waals surface area contributed by atoms with Crippen molar-refractivity contribution >= 4 is 45.7 Å². The van der Waals surface area contributed by atoms with E-state index in [9.17, 15) is 9.59 Å². The van der Waals surface area contributed by atoms with E-state index >= 15 is 0 Å². The van der Waals surface area contributed by atoms with E-state index in [2.05, 4.69) is 10.3 Å². The molecule has 1 atom stereocenters. The number of aliphatic imine (C=N–C) groups is 1. The average Bonchev–Trinajstić information content (AvgIpc) is 3.27. The van der Waals surface area contributed by atoms with E-state index in [0.29, 0.717) is 22.7 Å². The van der Waals surface area contributed by atoms with Crippen molar-refractivity contribution in [2.24, 2.45) is 4.99 Å². The quantitative estimate of drug-likeness (QED) is 0.462. The maximum Gasteiger partial charge on any atom is 0.272 e. The summed E-state index contributed by atoms with van der Waals surface area (Å²) in [6.45, 7) is 2.49. The van der Waals surface area contributed by atoms with E-state index in [1.807, 2.05) is 73.7 Å². The normalized spacial score (nSPS) is 16.6. The first-order chi connectivity index (χ1) is 17.0. The van der Waals surface area contributed by atoms with Crippen LogP contribution in [0, 0.1) is 6.92 Å². The van der Waals surface area contributed by atoms with Crippen LogP contribution in [0.3, 0.4) is 0 Å². The Morgan fingerprint density at radius 1 is 1.06 bits per heavy atom. The fraction of sp³-hybridized carbons (Fsp3) is 0.143. The Morgan fingerprint density at radius 2 is 1.86 bits per heavy atom. The maximum atomic E-state index is 13.6. The zero-order valence-corrected chi connectivity index (χ0v) is 19.7. The summed E-state index contributed by atoms with van der Waals surface area (Å²) >= 11 is 6.62.